The van der Waals surface area contributed by atoms with E-state index in [4.69, 9.17) is 0 Å². The Morgan fingerprint density at radius 1 is 1.25 bits per heavy atom. The van der Waals surface area contributed by atoms with Gasteiger partial charge in [-0.05, 0) is 36.8 Å². The van der Waals surface area contributed by atoms with Gasteiger partial charge in [0.2, 0.25) is 0 Å². The molecule has 1 N–H and O–H groups in total. The summed E-state index contributed by atoms with van der Waals surface area (Å²) in [5.74, 6) is 1.96. The Morgan fingerprint density at radius 3 is 2.40 bits per heavy atom. The van der Waals surface area contributed by atoms with Crippen LogP contribution in [0.1, 0.15) is 43.5 Å². The van der Waals surface area contributed by atoms with E-state index in [2.05, 4.69) is 24.1 Å². The molecule has 4 nitrogen and oxygen atoms in total. The van der Waals surface area contributed by atoms with Crippen LogP contribution in [0.5, 0.6) is 0 Å². The van der Waals surface area contributed by atoms with E-state index < -0.39 is 0 Å². The average Bonchev–Trinajstić information content (AvgIpc) is 2.43. The average molecular weight is 275 g/mol. The number of carbonyl (C=O) groups excluding carboxylic acids is 1. The maximum absolute atomic E-state index is 12.3. The largest absolute Gasteiger partial charge is 0.363 e. The van der Waals surface area contributed by atoms with Gasteiger partial charge >= 0.3 is 0 Å². The smallest absolute Gasteiger partial charge is 0.253 e. The van der Waals surface area contributed by atoms with Gasteiger partial charge in [-0.3, -0.25) is 4.79 Å². The minimum absolute atomic E-state index is 0.00611. The van der Waals surface area contributed by atoms with Gasteiger partial charge in [0.05, 0.1) is 5.56 Å². The summed E-state index contributed by atoms with van der Waals surface area (Å²) in [4.78, 5) is 18.5. The molecule has 0 aromatic carbocycles. The van der Waals surface area contributed by atoms with Gasteiger partial charge in [-0.15, -0.1) is 0 Å². The standard InChI is InChI=1S/C16H25N3O/c1-11-6-5-7-12(2)15(11)18-16(20)13-8-9-14(17-10-13)19(3)4/h8-12,15H,5-7H2,1-4H3,(H,18,20). The van der Waals surface area contributed by atoms with E-state index >= 15 is 0 Å². The third kappa shape index (κ3) is 3.30. The molecule has 0 radical (unpaired) electrons. The summed E-state index contributed by atoms with van der Waals surface area (Å²) in [7, 11) is 3.88. The molecule has 0 aliphatic heterocycles. The molecule has 0 bridgehead atoms. The molecule has 1 amide bonds. The predicted octanol–water partition coefficient (Wildman–Crippen LogP) is 2.70. The summed E-state index contributed by atoms with van der Waals surface area (Å²) in [6.45, 7) is 4.46. The quantitative estimate of drug-likeness (QED) is 0.922. The van der Waals surface area contributed by atoms with Crippen molar-refractivity contribution in [3.05, 3.63) is 23.9 Å². The van der Waals surface area contributed by atoms with Crippen molar-refractivity contribution in [2.45, 2.75) is 39.2 Å². The van der Waals surface area contributed by atoms with Gasteiger partial charge in [0.25, 0.3) is 5.91 Å². The molecule has 1 saturated carbocycles. The molecule has 1 aliphatic rings. The van der Waals surface area contributed by atoms with Crippen LogP contribution in [-0.4, -0.2) is 31.0 Å². The lowest BCUT2D eigenvalue weighted by Gasteiger charge is -2.35. The van der Waals surface area contributed by atoms with Gasteiger partial charge in [0.15, 0.2) is 0 Å². The first-order valence-electron chi connectivity index (χ1n) is 7.43. The minimum Gasteiger partial charge on any atom is -0.363 e. The SMILES string of the molecule is CC1CCCC(C)C1NC(=O)c1ccc(N(C)C)nc1. The van der Waals surface area contributed by atoms with Gasteiger partial charge in [-0.2, -0.15) is 0 Å². The van der Waals surface area contributed by atoms with Crippen LogP contribution in [-0.2, 0) is 0 Å². The highest BCUT2D eigenvalue weighted by molar-refractivity contribution is 5.94. The van der Waals surface area contributed by atoms with Crippen LogP contribution in [0.3, 0.4) is 0 Å². The summed E-state index contributed by atoms with van der Waals surface area (Å²) >= 11 is 0. The molecule has 2 atom stereocenters. The summed E-state index contributed by atoms with van der Waals surface area (Å²) < 4.78 is 0. The van der Waals surface area contributed by atoms with Gasteiger partial charge in [0.1, 0.15) is 5.82 Å². The highest BCUT2D eigenvalue weighted by Crippen LogP contribution is 2.29. The van der Waals surface area contributed by atoms with Crippen molar-refractivity contribution in [1.82, 2.24) is 10.3 Å². The molecular formula is C16H25N3O. The second kappa shape index (κ2) is 6.25. The first kappa shape index (κ1) is 14.8. The van der Waals surface area contributed by atoms with E-state index in [0.717, 1.165) is 5.82 Å². The molecule has 1 aromatic rings. The molecular weight excluding hydrogens is 250 g/mol. The molecule has 0 saturated heterocycles. The number of aromatic nitrogens is 1. The van der Waals surface area contributed by atoms with Gasteiger partial charge in [0, 0.05) is 26.3 Å². The summed E-state index contributed by atoms with van der Waals surface area (Å²) in [6, 6.07) is 4.00. The molecule has 110 valence electrons. The molecule has 1 aliphatic carbocycles. The molecule has 20 heavy (non-hydrogen) atoms. The third-order valence-corrected chi connectivity index (χ3v) is 4.31. The highest BCUT2D eigenvalue weighted by atomic mass is 16.1. The Balaban J connectivity index is 2.03. The second-order valence-corrected chi connectivity index (χ2v) is 6.18. The zero-order valence-electron chi connectivity index (χ0n) is 12.9. The number of anilines is 1. The Kier molecular flexibility index (Phi) is 4.63. The fourth-order valence-corrected chi connectivity index (χ4v) is 2.99. The summed E-state index contributed by atoms with van der Waals surface area (Å²) in [5.41, 5.74) is 0.639. The molecule has 1 aromatic heterocycles. The van der Waals surface area contributed by atoms with Crippen molar-refractivity contribution in [3.63, 3.8) is 0 Å². The van der Waals surface area contributed by atoms with Gasteiger partial charge < -0.3 is 10.2 Å². The molecule has 2 unspecified atom stereocenters. The number of pyridine rings is 1. The van der Waals surface area contributed by atoms with E-state index in [1.165, 1.54) is 19.3 Å². The predicted molar refractivity (Wildman–Crippen MR) is 82.0 cm³/mol. The molecule has 0 spiro atoms. The fraction of sp³-hybridized carbons (Fsp3) is 0.625. The van der Waals surface area contributed by atoms with Crippen molar-refractivity contribution in [3.8, 4) is 0 Å². The van der Waals surface area contributed by atoms with Crippen molar-refractivity contribution >= 4 is 11.7 Å². The van der Waals surface area contributed by atoms with Gasteiger partial charge in [-0.1, -0.05) is 20.3 Å². The number of hydrogen-bond donors (Lipinski definition) is 1. The van der Waals surface area contributed by atoms with E-state index in [9.17, 15) is 4.79 Å². The van der Waals surface area contributed by atoms with Crippen molar-refractivity contribution < 1.29 is 4.79 Å². The first-order chi connectivity index (χ1) is 9.49. The van der Waals surface area contributed by atoms with E-state index in [1.54, 1.807) is 6.20 Å². The van der Waals surface area contributed by atoms with Crippen molar-refractivity contribution in [2.24, 2.45) is 11.8 Å². The van der Waals surface area contributed by atoms with Crippen LogP contribution >= 0.6 is 0 Å². The Labute approximate surface area is 121 Å². The fourth-order valence-electron chi connectivity index (χ4n) is 2.99. The molecule has 1 fully saturated rings. The highest BCUT2D eigenvalue weighted by Gasteiger charge is 2.29. The summed E-state index contributed by atoms with van der Waals surface area (Å²) in [5, 5.41) is 3.19. The number of amides is 1. The monoisotopic (exact) mass is 275 g/mol. The zero-order chi connectivity index (χ0) is 14.7. The van der Waals surface area contributed by atoms with Crippen molar-refractivity contribution in [1.29, 1.82) is 0 Å². The zero-order valence-corrected chi connectivity index (χ0v) is 12.9. The van der Waals surface area contributed by atoms with Crippen LogP contribution in [0.2, 0.25) is 0 Å². The van der Waals surface area contributed by atoms with Crippen LogP contribution in [0.4, 0.5) is 5.82 Å². The number of nitrogens with one attached hydrogen (secondary N) is 1. The summed E-state index contributed by atoms with van der Waals surface area (Å²) in [6.07, 6.45) is 5.33. The number of hydrogen-bond acceptors (Lipinski definition) is 3. The number of rotatable bonds is 3. The topological polar surface area (TPSA) is 45.2 Å². The second-order valence-electron chi connectivity index (χ2n) is 6.18. The third-order valence-electron chi connectivity index (χ3n) is 4.31. The number of nitrogens with zero attached hydrogens (tertiary/aromatic N) is 2. The Bertz CT molecular complexity index is 445. The molecule has 2 rings (SSSR count). The van der Waals surface area contributed by atoms with E-state index in [1.807, 2.05) is 31.1 Å². The lowest BCUT2D eigenvalue weighted by atomic mass is 9.78. The number of carbonyl (C=O) groups is 1. The van der Waals surface area contributed by atoms with E-state index in [0.29, 0.717) is 17.4 Å². The molecule has 4 heteroatoms. The Morgan fingerprint density at radius 2 is 1.90 bits per heavy atom. The normalized spacial score (nSPS) is 26.1. The van der Waals surface area contributed by atoms with Crippen LogP contribution in [0.25, 0.3) is 0 Å². The van der Waals surface area contributed by atoms with Crippen LogP contribution < -0.4 is 10.2 Å². The van der Waals surface area contributed by atoms with Gasteiger partial charge in [-0.25, -0.2) is 4.98 Å². The maximum Gasteiger partial charge on any atom is 0.253 e. The van der Waals surface area contributed by atoms with Crippen LogP contribution in [0.15, 0.2) is 18.3 Å². The lowest BCUT2D eigenvalue weighted by Crippen LogP contribution is -2.45. The minimum atomic E-state index is -0.00611. The first-order valence-corrected chi connectivity index (χ1v) is 7.43. The Hall–Kier alpha value is -1.58. The van der Waals surface area contributed by atoms with E-state index in [-0.39, 0.29) is 11.9 Å². The van der Waals surface area contributed by atoms with Crippen molar-refractivity contribution in [2.75, 3.05) is 19.0 Å². The maximum atomic E-state index is 12.3. The lowest BCUT2D eigenvalue weighted by molar-refractivity contribution is 0.0880. The van der Waals surface area contributed by atoms with Crippen LogP contribution in [0, 0.1) is 11.8 Å². The molecule has 1 heterocycles.